The fourth-order valence-electron chi connectivity index (χ4n) is 4.21. The Bertz CT molecular complexity index is 785. The zero-order chi connectivity index (χ0) is 23.7. The van der Waals surface area contributed by atoms with Crippen molar-refractivity contribution in [2.24, 2.45) is 5.92 Å². The number of carbonyl (C=O) groups excluding carboxylic acids is 2. The largest absolute Gasteiger partial charge is 0.411 e. The Morgan fingerprint density at radius 3 is 2.27 bits per heavy atom. The number of hydrogen-bond donors (Lipinski definition) is 0. The van der Waals surface area contributed by atoms with Crippen LogP contribution >= 0.6 is 0 Å². The van der Waals surface area contributed by atoms with Crippen molar-refractivity contribution < 1.29 is 27.5 Å². The average molecular weight is 468 g/mol. The van der Waals surface area contributed by atoms with Gasteiger partial charge in [-0.05, 0) is 30.9 Å². The molecule has 6 nitrogen and oxygen atoms in total. The van der Waals surface area contributed by atoms with Crippen molar-refractivity contribution in [3.05, 3.63) is 42.0 Å². The van der Waals surface area contributed by atoms with E-state index in [9.17, 15) is 22.8 Å². The normalized spacial score (nSPS) is 18.8. The van der Waals surface area contributed by atoms with Crippen LogP contribution in [0.2, 0.25) is 0 Å². The number of rotatable bonds is 8. The SMILES string of the molecule is O=C(/C=C/c1ccccc1)N1CCC(C(=O)N2CCN(CCCOCC(F)(F)F)CC2)CC1. The molecule has 0 aliphatic carbocycles. The Kier molecular flexibility index (Phi) is 9.31. The molecule has 9 heteroatoms. The molecule has 0 N–H and O–H groups in total. The van der Waals surface area contributed by atoms with Crippen LogP contribution in [0.25, 0.3) is 6.08 Å². The fourth-order valence-corrected chi connectivity index (χ4v) is 4.21. The van der Waals surface area contributed by atoms with Crippen molar-refractivity contribution in [2.75, 3.05) is 59.0 Å². The molecule has 1 aromatic rings. The highest BCUT2D eigenvalue weighted by Crippen LogP contribution is 2.21. The Morgan fingerprint density at radius 1 is 0.970 bits per heavy atom. The number of alkyl halides is 3. The average Bonchev–Trinajstić information content (AvgIpc) is 2.82. The van der Waals surface area contributed by atoms with Gasteiger partial charge >= 0.3 is 6.18 Å². The first-order valence-corrected chi connectivity index (χ1v) is 11.5. The lowest BCUT2D eigenvalue weighted by Gasteiger charge is -2.38. The molecular formula is C24H32F3N3O3. The van der Waals surface area contributed by atoms with Crippen molar-refractivity contribution in [2.45, 2.75) is 25.4 Å². The minimum atomic E-state index is -4.28. The molecule has 2 saturated heterocycles. The lowest BCUT2D eigenvalue weighted by atomic mass is 9.95. The Balaban J connectivity index is 1.32. The molecule has 2 aliphatic heterocycles. The molecule has 182 valence electrons. The van der Waals surface area contributed by atoms with Gasteiger partial charge in [-0.15, -0.1) is 0 Å². The number of piperidine rings is 1. The maximum absolute atomic E-state index is 12.9. The molecule has 0 saturated carbocycles. The maximum atomic E-state index is 12.9. The van der Waals surface area contributed by atoms with Gasteiger partial charge in [0.1, 0.15) is 6.61 Å². The molecule has 0 bridgehead atoms. The second kappa shape index (κ2) is 12.2. The summed E-state index contributed by atoms with van der Waals surface area (Å²) in [6, 6.07) is 9.66. The highest BCUT2D eigenvalue weighted by molar-refractivity contribution is 5.92. The molecule has 1 aromatic carbocycles. The zero-order valence-electron chi connectivity index (χ0n) is 18.8. The molecule has 0 atom stereocenters. The van der Waals surface area contributed by atoms with Gasteiger partial charge in [-0.25, -0.2) is 0 Å². The summed E-state index contributed by atoms with van der Waals surface area (Å²) in [6.45, 7) is 3.37. The first kappa shape index (κ1) is 25.2. The zero-order valence-corrected chi connectivity index (χ0v) is 18.8. The summed E-state index contributed by atoms with van der Waals surface area (Å²) >= 11 is 0. The van der Waals surface area contributed by atoms with E-state index in [4.69, 9.17) is 0 Å². The van der Waals surface area contributed by atoms with Crippen LogP contribution in [0.15, 0.2) is 36.4 Å². The number of nitrogens with zero attached hydrogens (tertiary/aromatic N) is 3. The van der Waals surface area contributed by atoms with E-state index in [-0.39, 0.29) is 24.3 Å². The molecule has 2 aliphatic rings. The highest BCUT2D eigenvalue weighted by atomic mass is 19.4. The predicted octanol–water partition coefficient (Wildman–Crippen LogP) is 3.05. The minimum absolute atomic E-state index is 0.0300. The Morgan fingerprint density at radius 2 is 1.64 bits per heavy atom. The van der Waals surface area contributed by atoms with Gasteiger partial charge in [-0.3, -0.25) is 14.5 Å². The van der Waals surface area contributed by atoms with E-state index in [1.54, 1.807) is 11.0 Å². The van der Waals surface area contributed by atoms with Gasteiger partial charge in [-0.2, -0.15) is 13.2 Å². The Hall–Kier alpha value is -2.39. The molecule has 33 heavy (non-hydrogen) atoms. The fraction of sp³-hybridized carbons (Fsp3) is 0.583. The lowest BCUT2D eigenvalue weighted by Crippen LogP contribution is -2.52. The van der Waals surface area contributed by atoms with Crippen LogP contribution < -0.4 is 0 Å². The van der Waals surface area contributed by atoms with E-state index in [0.29, 0.717) is 65.1 Å². The first-order valence-electron chi connectivity index (χ1n) is 11.5. The smallest absolute Gasteiger partial charge is 0.372 e. The van der Waals surface area contributed by atoms with Gasteiger partial charge < -0.3 is 14.5 Å². The van der Waals surface area contributed by atoms with Crippen LogP contribution in [0.4, 0.5) is 13.2 Å². The van der Waals surface area contributed by atoms with E-state index in [0.717, 1.165) is 5.56 Å². The summed E-state index contributed by atoms with van der Waals surface area (Å²) in [5, 5.41) is 0. The molecule has 2 heterocycles. The van der Waals surface area contributed by atoms with Crippen LogP contribution in [0, 0.1) is 5.92 Å². The maximum Gasteiger partial charge on any atom is 0.411 e. The third kappa shape index (κ3) is 8.47. The summed E-state index contributed by atoms with van der Waals surface area (Å²) < 4.78 is 40.9. The minimum Gasteiger partial charge on any atom is -0.372 e. The Labute approximate surface area is 193 Å². The summed E-state index contributed by atoms with van der Waals surface area (Å²) in [7, 11) is 0. The third-order valence-corrected chi connectivity index (χ3v) is 6.09. The molecular weight excluding hydrogens is 435 g/mol. The predicted molar refractivity (Wildman–Crippen MR) is 119 cm³/mol. The van der Waals surface area contributed by atoms with Crippen molar-refractivity contribution in [3.8, 4) is 0 Å². The quantitative estimate of drug-likeness (QED) is 0.436. The summed E-state index contributed by atoms with van der Waals surface area (Å²) in [5.74, 6) is 0.0575. The number of likely N-dealkylation sites (tertiary alicyclic amines) is 1. The molecule has 0 unspecified atom stereocenters. The number of amides is 2. The van der Waals surface area contributed by atoms with E-state index >= 15 is 0 Å². The van der Waals surface area contributed by atoms with E-state index in [1.807, 2.05) is 41.3 Å². The third-order valence-electron chi connectivity index (χ3n) is 6.09. The number of carbonyl (C=O) groups is 2. The van der Waals surface area contributed by atoms with Gasteiger partial charge in [0.05, 0.1) is 0 Å². The van der Waals surface area contributed by atoms with Crippen molar-refractivity contribution in [1.29, 1.82) is 0 Å². The monoisotopic (exact) mass is 467 g/mol. The topological polar surface area (TPSA) is 53.1 Å². The lowest BCUT2D eigenvalue weighted by molar-refractivity contribution is -0.174. The molecule has 0 radical (unpaired) electrons. The van der Waals surface area contributed by atoms with Crippen molar-refractivity contribution in [3.63, 3.8) is 0 Å². The summed E-state index contributed by atoms with van der Waals surface area (Å²) in [6.07, 6.45) is 0.983. The van der Waals surface area contributed by atoms with E-state index in [2.05, 4.69) is 9.64 Å². The van der Waals surface area contributed by atoms with Gasteiger partial charge in [0.2, 0.25) is 11.8 Å². The number of halogens is 3. The van der Waals surface area contributed by atoms with Crippen LogP contribution in [0.5, 0.6) is 0 Å². The van der Waals surface area contributed by atoms with E-state index in [1.165, 1.54) is 0 Å². The molecule has 3 rings (SSSR count). The second-order valence-corrected chi connectivity index (χ2v) is 8.53. The standard InChI is InChI=1S/C24H32F3N3O3/c25-24(26,27)19-33-18-4-11-28-14-16-30(17-15-28)23(32)21-9-12-29(13-10-21)22(31)8-7-20-5-2-1-3-6-20/h1-3,5-8,21H,4,9-19H2/b8-7+. The number of hydrogen-bond acceptors (Lipinski definition) is 4. The number of piperazine rings is 1. The second-order valence-electron chi connectivity index (χ2n) is 8.53. The number of benzene rings is 1. The molecule has 0 aromatic heterocycles. The van der Waals surface area contributed by atoms with Crippen LogP contribution in [0.3, 0.4) is 0 Å². The first-order chi connectivity index (χ1) is 15.8. The number of ether oxygens (including phenoxy) is 1. The van der Waals surface area contributed by atoms with E-state index < -0.39 is 12.8 Å². The van der Waals surface area contributed by atoms with Crippen LogP contribution in [-0.2, 0) is 14.3 Å². The van der Waals surface area contributed by atoms with Crippen LogP contribution in [0.1, 0.15) is 24.8 Å². The van der Waals surface area contributed by atoms with Crippen molar-refractivity contribution >= 4 is 17.9 Å². The van der Waals surface area contributed by atoms with Gasteiger partial charge in [0, 0.05) is 64.4 Å². The summed E-state index contributed by atoms with van der Waals surface area (Å²) in [4.78, 5) is 31.2. The van der Waals surface area contributed by atoms with Gasteiger partial charge in [0.15, 0.2) is 0 Å². The molecule has 2 fully saturated rings. The molecule has 0 spiro atoms. The van der Waals surface area contributed by atoms with Gasteiger partial charge in [0.25, 0.3) is 0 Å². The highest BCUT2D eigenvalue weighted by Gasteiger charge is 2.31. The van der Waals surface area contributed by atoms with Gasteiger partial charge in [-0.1, -0.05) is 30.3 Å². The molecule has 2 amide bonds. The summed E-state index contributed by atoms with van der Waals surface area (Å²) in [5.41, 5.74) is 0.976. The van der Waals surface area contributed by atoms with Crippen LogP contribution in [-0.4, -0.2) is 91.7 Å². The van der Waals surface area contributed by atoms with Crippen molar-refractivity contribution in [1.82, 2.24) is 14.7 Å².